The second-order valence-corrected chi connectivity index (χ2v) is 6.26. The minimum atomic E-state index is -1.38. The molecule has 2 aromatic rings. The Morgan fingerprint density at radius 2 is 2.00 bits per heavy atom. The first-order chi connectivity index (χ1) is 11.9. The molecule has 0 aliphatic heterocycles. The summed E-state index contributed by atoms with van der Waals surface area (Å²) in [4.78, 5) is 37.4. The number of carbonyl (C=O) groups excluding carboxylic acids is 1. The van der Waals surface area contributed by atoms with Crippen LogP contribution in [-0.2, 0) is 16.6 Å². The molecule has 1 aromatic heterocycles. The molecule has 1 heterocycles. The van der Waals surface area contributed by atoms with Gasteiger partial charge in [0, 0.05) is 12.7 Å². The molecule has 0 atom stereocenters. The molecule has 0 spiro atoms. The van der Waals surface area contributed by atoms with Crippen LogP contribution in [0.25, 0.3) is 11.1 Å². The molecular weight excluding hydrogens is 324 g/mol. The summed E-state index contributed by atoms with van der Waals surface area (Å²) in [5.41, 5.74) is -0.208. The van der Waals surface area contributed by atoms with Gasteiger partial charge in [0.05, 0.1) is 5.52 Å². The number of anilines is 1. The van der Waals surface area contributed by atoms with Gasteiger partial charge in [-0.05, 0) is 37.0 Å². The highest BCUT2D eigenvalue weighted by molar-refractivity contribution is 6.10. The molecule has 0 saturated heterocycles. The molecular formula is C18H18N2O5. The number of aliphatic carboxylic acids is 1. The molecule has 1 aliphatic carbocycles. The number of fused-ring (bicyclic) bond motifs is 1. The number of nitrogens with zero attached hydrogens (tertiary/aromatic N) is 2. The number of oxazole rings is 1. The summed E-state index contributed by atoms with van der Waals surface area (Å²) >= 11 is 0. The minimum absolute atomic E-state index is 0.331. The highest BCUT2D eigenvalue weighted by Crippen LogP contribution is 2.38. The van der Waals surface area contributed by atoms with E-state index in [2.05, 4.69) is 0 Å². The third-order valence-electron chi connectivity index (χ3n) is 4.87. The van der Waals surface area contributed by atoms with Crippen LogP contribution in [0.2, 0.25) is 0 Å². The molecule has 1 N–H and O–H groups in total. The number of benzene rings is 1. The number of carboxylic acids is 1. The lowest BCUT2D eigenvalue weighted by Crippen LogP contribution is -2.58. The van der Waals surface area contributed by atoms with Gasteiger partial charge in [0.25, 0.3) is 0 Å². The Morgan fingerprint density at radius 3 is 2.60 bits per heavy atom. The van der Waals surface area contributed by atoms with Crippen LogP contribution in [-0.4, -0.2) is 27.1 Å². The van der Waals surface area contributed by atoms with Gasteiger partial charge in [-0.3, -0.25) is 14.3 Å². The van der Waals surface area contributed by atoms with Crippen LogP contribution in [0.3, 0.4) is 0 Å². The van der Waals surface area contributed by atoms with Crippen LogP contribution in [0.15, 0.2) is 27.4 Å². The maximum absolute atomic E-state index is 12.5. The van der Waals surface area contributed by atoms with Gasteiger partial charge in [0.15, 0.2) is 5.58 Å². The number of hydrogen-bond donors (Lipinski definition) is 1. The van der Waals surface area contributed by atoms with Gasteiger partial charge in [0.2, 0.25) is 0 Å². The van der Waals surface area contributed by atoms with E-state index in [1.165, 1.54) is 9.47 Å². The molecule has 0 bridgehead atoms. The van der Waals surface area contributed by atoms with Crippen molar-refractivity contribution in [1.82, 2.24) is 4.57 Å². The first-order valence-corrected chi connectivity index (χ1v) is 8.04. The molecule has 1 aromatic carbocycles. The number of aryl methyl sites for hydroxylation is 1. The Bertz CT molecular complexity index is 941. The quantitative estimate of drug-likeness (QED) is 0.860. The van der Waals surface area contributed by atoms with Gasteiger partial charge in [-0.25, -0.2) is 9.59 Å². The summed E-state index contributed by atoms with van der Waals surface area (Å²) in [6.45, 7) is 0. The Hall–Kier alpha value is -3.01. The van der Waals surface area contributed by atoms with E-state index >= 15 is 0 Å². The third-order valence-corrected chi connectivity index (χ3v) is 4.87. The molecule has 130 valence electrons. The van der Waals surface area contributed by atoms with Gasteiger partial charge >= 0.3 is 17.6 Å². The molecule has 7 heteroatoms. The number of terminal acetylenes is 1. The summed E-state index contributed by atoms with van der Waals surface area (Å²) in [6.07, 6.45) is 8.30. The van der Waals surface area contributed by atoms with Crippen molar-refractivity contribution in [3.05, 3.63) is 28.7 Å². The second-order valence-electron chi connectivity index (χ2n) is 6.26. The SMILES string of the molecule is C#CC(=O)N(c1ccc2oc(=O)n(C)c2c1)C1(C(=O)O)CCCCC1. The maximum Gasteiger partial charge on any atom is 0.419 e. The molecule has 1 amide bonds. The number of rotatable bonds is 3. The Labute approximate surface area is 143 Å². The molecule has 1 aliphatic rings. The Balaban J connectivity index is 2.21. The average molecular weight is 342 g/mol. The largest absolute Gasteiger partial charge is 0.479 e. The van der Waals surface area contributed by atoms with Crippen LogP contribution >= 0.6 is 0 Å². The standard InChI is InChI=1S/C18H18N2O5/c1-3-15(21)20(18(16(22)23)9-5-4-6-10-18)12-7-8-14-13(11-12)19(2)17(24)25-14/h1,7-8,11H,4-6,9-10H2,2H3,(H,22,23). The van der Waals surface area contributed by atoms with E-state index < -0.39 is 23.2 Å². The fraction of sp³-hybridized carbons (Fsp3) is 0.389. The van der Waals surface area contributed by atoms with Crippen molar-refractivity contribution in [1.29, 1.82) is 0 Å². The zero-order valence-corrected chi connectivity index (χ0v) is 13.8. The molecule has 1 saturated carbocycles. The van der Waals surface area contributed by atoms with Crippen molar-refractivity contribution >= 4 is 28.7 Å². The van der Waals surface area contributed by atoms with Crippen LogP contribution in [0.4, 0.5) is 5.69 Å². The van der Waals surface area contributed by atoms with E-state index in [4.69, 9.17) is 10.8 Å². The van der Waals surface area contributed by atoms with E-state index in [1.807, 2.05) is 5.92 Å². The molecule has 3 rings (SSSR count). The van der Waals surface area contributed by atoms with E-state index in [1.54, 1.807) is 25.2 Å². The lowest BCUT2D eigenvalue weighted by molar-refractivity contribution is -0.146. The summed E-state index contributed by atoms with van der Waals surface area (Å²) in [5, 5.41) is 9.90. The van der Waals surface area contributed by atoms with E-state index in [0.29, 0.717) is 42.5 Å². The highest BCUT2D eigenvalue weighted by atomic mass is 16.4. The van der Waals surface area contributed by atoms with Crippen molar-refractivity contribution in [3.8, 4) is 12.3 Å². The number of carbonyl (C=O) groups is 2. The van der Waals surface area contributed by atoms with Gasteiger partial charge in [-0.15, -0.1) is 6.42 Å². The fourth-order valence-electron chi connectivity index (χ4n) is 3.55. The topological polar surface area (TPSA) is 92.8 Å². The second kappa shape index (κ2) is 6.13. The van der Waals surface area contributed by atoms with Crippen LogP contribution in [0, 0.1) is 12.3 Å². The summed E-state index contributed by atoms with van der Waals surface area (Å²) in [5.74, 6) is -0.278. The lowest BCUT2D eigenvalue weighted by atomic mass is 9.79. The predicted octanol–water partition coefficient (Wildman–Crippen LogP) is 1.89. The van der Waals surface area contributed by atoms with Gasteiger partial charge in [-0.2, -0.15) is 0 Å². The van der Waals surface area contributed by atoms with Crippen LogP contribution < -0.4 is 10.7 Å². The molecule has 7 nitrogen and oxygen atoms in total. The highest BCUT2D eigenvalue weighted by Gasteiger charge is 2.48. The third kappa shape index (κ3) is 2.60. The van der Waals surface area contributed by atoms with Crippen molar-refractivity contribution in [2.24, 2.45) is 7.05 Å². The van der Waals surface area contributed by atoms with E-state index in [9.17, 15) is 19.5 Å². The van der Waals surface area contributed by atoms with Crippen LogP contribution in [0.1, 0.15) is 32.1 Å². The number of hydrogen-bond acceptors (Lipinski definition) is 4. The summed E-state index contributed by atoms with van der Waals surface area (Å²) in [7, 11) is 1.54. The van der Waals surface area contributed by atoms with Gasteiger partial charge in [-0.1, -0.05) is 19.3 Å². The molecule has 1 fully saturated rings. The molecule has 25 heavy (non-hydrogen) atoms. The lowest BCUT2D eigenvalue weighted by Gasteiger charge is -2.42. The summed E-state index contributed by atoms with van der Waals surface area (Å²) in [6, 6.07) is 4.66. The van der Waals surface area contributed by atoms with E-state index in [0.717, 1.165) is 6.42 Å². The molecule has 0 radical (unpaired) electrons. The number of carboxylic acid groups (broad SMARTS) is 1. The minimum Gasteiger partial charge on any atom is -0.479 e. The maximum atomic E-state index is 12.5. The van der Waals surface area contributed by atoms with E-state index in [-0.39, 0.29) is 0 Å². The fourth-order valence-corrected chi connectivity index (χ4v) is 3.55. The van der Waals surface area contributed by atoms with Crippen molar-refractivity contribution in [2.45, 2.75) is 37.6 Å². The first-order valence-electron chi connectivity index (χ1n) is 8.04. The zero-order chi connectivity index (χ0) is 18.2. The van der Waals surface area contributed by atoms with Gasteiger partial charge in [0.1, 0.15) is 5.54 Å². The van der Waals surface area contributed by atoms with Crippen molar-refractivity contribution in [2.75, 3.05) is 4.90 Å². The zero-order valence-electron chi connectivity index (χ0n) is 13.8. The van der Waals surface area contributed by atoms with Crippen LogP contribution in [0.5, 0.6) is 0 Å². The monoisotopic (exact) mass is 342 g/mol. The number of aromatic nitrogens is 1. The predicted molar refractivity (Wildman–Crippen MR) is 91.2 cm³/mol. The molecule has 0 unspecified atom stereocenters. The van der Waals surface area contributed by atoms with Crippen molar-refractivity contribution in [3.63, 3.8) is 0 Å². The first kappa shape index (κ1) is 16.8. The van der Waals surface area contributed by atoms with Crippen molar-refractivity contribution < 1.29 is 19.1 Å². The number of amides is 1. The Morgan fingerprint density at radius 1 is 1.32 bits per heavy atom. The Kier molecular flexibility index (Phi) is 4.13. The van der Waals surface area contributed by atoms with Gasteiger partial charge < -0.3 is 9.52 Å². The smallest absolute Gasteiger partial charge is 0.419 e. The average Bonchev–Trinajstić information content (AvgIpc) is 2.90. The summed E-state index contributed by atoms with van der Waals surface area (Å²) < 4.78 is 6.38. The normalized spacial score (nSPS) is 16.3.